The van der Waals surface area contributed by atoms with Crippen molar-refractivity contribution in [1.29, 1.82) is 0 Å². The van der Waals surface area contributed by atoms with Crippen molar-refractivity contribution in [2.45, 2.75) is 38.8 Å². The van der Waals surface area contributed by atoms with Gasteiger partial charge in [-0.15, -0.1) is 0 Å². The number of nitrogen functional groups attached to an aromatic ring is 1. The van der Waals surface area contributed by atoms with E-state index < -0.39 is 5.56 Å². The molecule has 0 unspecified atom stereocenters. The third-order valence-corrected chi connectivity index (χ3v) is 5.69. The molecule has 3 aromatic heterocycles. The molecule has 1 aliphatic rings. The maximum Gasteiger partial charge on any atom is 0.284 e. The van der Waals surface area contributed by atoms with Crippen LogP contribution in [0, 0.1) is 13.8 Å². The Hall–Kier alpha value is -3.59. The first-order valence-corrected chi connectivity index (χ1v) is 10.1. The molecule has 1 fully saturated rings. The van der Waals surface area contributed by atoms with Crippen LogP contribution in [0.25, 0.3) is 11.0 Å². The lowest BCUT2D eigenvalue weighted by Crippen LogP contribution is -2.20. The second-order valence-corrected chi connectivity index (χ2v) is 7.90. The van der Waals surface area contributed by atoms with Crippen LogP contribution in [0.15, 0.2) is 45.8 Å². The molecule has 9 heteroatoms. The van der Waals surface area contributed by atoms with E-state index in [-0.39, 0.29) is 24.5 Å². The highest BCUT2D eigenvalue weighted by molar-refractivity contribution is 5.78. The highest BCUT2D eigenvalue weighted by atomic mass is 16.5. The van der Waals surface area contributed by atoms with Crippen LogP contribution in [-0.4, -0.2) is 31.3 Å². The van der Waals surface area contributed by atoms with E-state index >= 15 is 0 Å². The normalized spacial score (nSPS) is 18.6. The largest absolute Gasteiger partial charge is 0.373 e. The van der Waals surface area contributed by atoms with Gasteiger partial charge in [0.1, 0.15) is 12.2 Å². The second-order valence-electron chi connectivity index (χ2n) is 7.90. The van der Waals surface area contributed by atoms with Crippen LogP contribution in [0.4, 0.5) is 5.95 Å². The number of nitrogens with two attached hydrogens (primary N) is 1. The monoisotopic (exact) mass is 418 g/mol. The number of benzene rings is 1. The molecule has 1 aromatic carbocycles. The third-order valence-electron chi connectivity index (χ3n) is 5.69. The predicted octanol–water partition coefficient (Wildman–Crippen LogP) is 2.67. The van der Waals surface area contributed by atoms with Crippen molar-refractivity contribution in [3.05, 3.63) is 75.3 Å². The Bertz CT molecular complexity index is 1310. The first-order valence-electron chi connectivity index (χ1n) is 10.1. The minimum absolute atomic E-state index is 0.0162. The van der Waals surface area contributed by atoms with Crippen LogP contribution in [0.1, 0.15) is 46.8 Å². The van der Waals surface area contributed by atoms with Crippen molar-refractivity contribution in [3.8, 4) is 0 Å². The summed E-state index contributed by atoms with van der Waals surface area (Å²) < 4.78 is 13.1. The number of hydrogen-bond acceptors (Lipinski definition) is 8. The molecular weight excluding hydrogens is 396 g/mol. The Morgan fingerprint density at radius 2 is 1.97 bits per heavy atom. The van der Waals surface area contributed by atoms with Gasteiger partial charge in [0.05, 0.1) is 18.1 Å². The number of anilines is 1. The summed E-state index contributed by atoms with van der Waals surface area (Å²) in [4.78, 5) is 25.1. The van der Waals surface area contributed by atoms with E-state index in [2.05, 4.69) is 51.3 Å². The summed E-state index contributed by atoms with van der Waals surface area (Å²) in [6.45, 7) is 4.60. The quantitative estimate of drug-likeness (QED) is 0.537. The highest BCUT2D eigenvalue weighted by Crippen LogP contribution is 2.37. The first-order chi connectivity index (χ1) is 15.0. The van der Waals surface area contributed by atoms with Gasteiger partial charge in [-0.05, 0) is 37.5 Å². The van der Waals surface area contributed by atoms with E-state index in [0.717, 1.165) is 17.5 Å². The average Bonchev–Trinajstić information content (AvgIpc) is 3.41. The molecule has 31 heavy (non-hydrogen) atoms. The van der Waals surface area contributed by atoms with Crippen molar-refractivity contribution in [2.24, 2.45) is 0 Å². The third kappa shape index (κ3) is 3.57. The number of aryl methyl sites for hydroxylation is 2. The minimum atomic E-state index is -0.397. The maximum atomic E-state index is 12.3. The van der Waals surface area contributed by atoms with E-state index in [1.165, 1.54) is 5.56 Å². The smallest absolute Gasteiger partial charge is 0.284 e. The Kier molecular flexibility index (Phi) is 4.74. The van der Waals surface area contributed by atoms with Crippen molar-refractivity contribution >= 4 is 17.0 Å². The van der Waals surface area contributed by atoms with E-state index in [4.69, 9.17) is 15.0 Å². The van der Waals surface area contributed by atoms with Crippen molar-refractivity contribution in [1.82, 2.24) is 24.7 Å². The summed E-state index contributed by atoms with van der Waals surface area (Å²) in [5, 5.41) is 4.59. The van der Waals surface area contributed by atoms with Crippen molar-refractivity contribution in [2.75, 3.05) is 12.3 Å². The summed E-state index contributed by atoms with van der Waals surface area (Å²) in [5.41, 5.74) is 9.21. The van der Waals surface area contributed by atoms with Crippen LogP contribution in [0.3, 0.4) is 0 Å². The zero-order valence-electron chi connectivity index (χ0n) is 17.3. The molecule has 4 aromatic rings. The molecule has 0 saturated carbocycles. The van der Waals surface area contributed by atoms with Gasteiger partial charge in [-0.1, -0.05) is 35.0 Å². The Balaban J connectivity index is 1.38. The molecule has 0 aliphatic carbocycles. The van der Waals surface area contributed by atoms with Gasteiger partial charge in [0, 0.05) is 12.1 Å². The van der Waals surface area contributed by atoms with Crippen LogP contribution in [0.5, 0.6) is 0 Å². The molecular formula is C22H22N6O3. The molecule has 1 saturated heterocycles. The number of hydrogen-bond donors (Lipinski definition) is 1. The van der Waals surface area contributed by atoms with Gasteiger partial charge in [0.15, 0.2) is 5.82 Å². The fourth-order valence-electron chi connectivity index (χ4n) is 3.95. The van der Waals surface area contributed by atoms with Crippen molar-refractivity contribution < 1.29 is 9.26 Å². The standard InChI is InChI=1S/C22H22N6O3/c1-12-3-5-14(6-4-12)16-9-15(11-30-16)19-25-17(31-27-19)10-28-20-18(13(2)7-8-24-20)21(29)26-22(28)23/h3-8,15-16H,9-11H2,1-2H3,(H2,23,26,29)/t15-,16+/m0/s1. The Morgan fingerprint density at radius 3 is 2.77 bits per heavy atom. The molecule has 0 bridgehead atoms. The van der Waals surface area contributed by atoms with Crippen molar-refractivity contribution in [3.63, 3.8) is 0 Å². The molecule has 9 nitrogen and oxygen atoms in total. The number of rotatable bonds is 4. The number of aromatic nitrogens is 5. The molecule has 158 valence electrons. The maximum absolute atomic E-state index is 12.3. The van der Waals surface area contributed by atoms with Gasteiger partial charge in [0.2, 0.25) is 11.8 Å². The number of ether oxygens (including phenoxy) is 1. The fraction of sp³-hybridized carbons (Fsp3) is 0.318. The van der Waals surface area contributed by atoms with E-state index in [1.54, 1.807) is 16.8 Å². The molecule has 0 amide bonds. The molecule has 5 rings (SSSR count). The van der Waals surface area contributed by atoms with Crippen LogP contribution < -0.4 is 11.3 Å². The highest BCUT2D eigenvalue weighted by Gasteiger charge is 2.31. The lowest BCUT2D eigenvalue weighted by Gasteiger charge is -2.10. The molecule has 2 N–H and O–H groups in total. The van der Waals surface area contributed by atoms with Gasteiger partial charge in [-0.25, -0.2) is 4.98 Å². The SMILES string of the molecule is Cc1ccc([C@H]2C[C@H](c3noc(Cn4c(N)nc(=O)c5c(C)ccnc54)n3)CO2)cc1. The zero-order chi connectivity index (χ0) is 21.5. The van der Waals surface area contributed by atoms with E-state index in [0.29, 0.717) is 29.4 Å². The van der Waals surface area contributed by atoms with Gasteiger partial charge < -0.3 is 15.0 Å². The average molecular weight is 418 g/mol. The first kappa shape index (κ1) is 19.4. The number of pyridine rings is 1. The Morgan fingerprint density at radius 1 is 1.16 bits per heavy atom. The van der Waals surface area contributed by atoms with Gasteiger partial charge in [-0.2, -0.15) is 9.97 Å². The fourth-order valence-corrected chi connectivity index (χ4v) is 3.95. The lowest BCUT2D eigenvalue weighted by atomic mass is 9.99. The van der Waals surface area contributed by atoms with Gasteiger partial charge in [0.25, 0.3) is 5.56 Å². The molecule has 2 atom stereocenters. The topological polar surface area (TPSA) is 122 Å². The number of nitrogens with zero attached hydrogens (tertiary/aromatic N) is 5. The zero-order valence-corrected chi connectivity index (χ0v) is 17.3. The van der Waals surface area contributed by atoms with Crippen LogP contribution in [-0.2, 0) is 11.3 Å². The van der Waals surface area contributed by atoms with Crippen LogP contribution >= 0.6 is 0 Å². The summed E-state index contributed by atoms with van der Waals surface area (Å²) in [6.07, 6.45) is 2.43. The summed E-state index contributed by atoms with van der Waals surface area (Å²) in [7, 11) is 0. The van der Waals surface area contributed by atoms with E-state index in [9.17, 15) is 4.79 Å². The molecule has 0 spiro atoms. The molecule has 4 heterocycles. The van der Waals surface area contributed by atoms with Crippen LogP contribution in [0.2, 0.25) is 0 Å². The molecule has 0 radical (unpaired) electrons. The van der Waals surface area contributed by atoms with E-state index in [1.807, 2.05) is 6.92 Å². The molecule has 1 aliphatic heterocycles. The Labute approximate surface area is 177 Å². The van der Waals surface area contributed by atoms with Gasteiger partial charge >= 0.3 is 0 Å². The predicted molar refractivity (Wildman–Crippen MR) is 114 cm³/mol. The second kappa shape index (κ2) is 7.59. The number of fused-ring (bicyclic) bond motifs is 1. The summed E-state index contributed by atoms with van der Waals surface area (Å²) in [6, 6.07) is 10.1. The van der Waals surface area contributed by atoms with Gasteiger partial charge in [-0.3, -0.25) is 9.36 Å². The minimum Gasteiger partial charge on any atom is -0.373 e. The summed E-state index contributed by atoms with van der Waals surface area (Å²) >= 11 is 0. The lowest BCUT2D eigenvalue weighted by molar-refractivity contribution is 0.110. The summed E-state index contributed by atoms with van der Waals surface area (Å²) in [5.74, 6) is 1.07.